The summed E-state index contributed by atoms with van der Waals surface area (Å²) in [6.07, 6.45) is 5.27. The third-order valence-corrected chi connectivity index (χ3v) is 6.10. The lowest BCUT2D eigenvalue weighted by Crippen LogP contribution is -2.09. The van der Waals surface area contributed by atoms with Crippen molar-refractivity contribution in [3.05, 3.63) is 144 Å². The summed E-state index contributed by atoms with van der Waals surface area (Å²) in [5, 5.41) is 18.0. The molecular formula is C34H24N2O3. The zero-order chi connectivity index (χ0) is 27.0. The van der Waals surface area contributed by atoms with E-state index in [-0.39, 0.29) is 5.57 Å². The molecule has 0 spiro atoms. The van der Waals surface area contributed by atoms with Gasteiger partial charge in [0.2, 0.25) is 0 Å². The first-order valence-corrected chi connectivity index (χ1v) is 12.3. The van der Waals surface area contributed by atoms with Crippen LogP contribution in [0, 0.1) is 11.3 Å². The first-order chi connectivity index (χ1) is 19.1. The number of hydrogen-bond acceptors (Lipinski definition) is 4. The Balaban J connectivity index is 1.31. The third-order valence-electron chi connectivity index (χ3n) is 6.10. The van der Waals surface area contributed by atoms with Crippen molar-refractivity contribution in [1.82, 2.24) is 0 Å². The number of carboxylic acids is 1. The molecule has 1 N–H and O–H groups in total. The minimum atomic E-state index is -1.25. The van der Waals surface area contributed by atoms with Crippen LogP contribution in [0.4, 0.5) is 17.1 Å². The molecule has 0 saturated heterocycles. The lowest BCUT2D eigenvalue weighted by atomic mass is 10.1. The molecule has 4 aromatic carbocycles. The van der Waals surface area contributed by atoms with E-state index in [0.29, 0.717) is 17.1 Å². The first kappa shape index (κ1) is 25.1. The number of carbonyl (C=O) groups is 1. The van der Waals surface area contributed by atoms with Gasteiger partial charge in [-0.05, 0) is 71.8 Å². The number of rotatable bonds is 8. The average molecular weight is 509 g/mol. The van der Waals surface area contributed by atoms with Crippen molar-refractivity contribution in [2.75, 3.05) is 4.90 Å². The summed E-state index contributed by atoms with van der Waals surface area (Å²) in [7, 11) is 0. The second-order valence-electron chi connectivity index (χ2n) is 8.73. The van der Waals surface area contributed by atoms with Crippen LogP contribution in [-0.4, -0.2) is 11.1 Å². The Labute approximate surface area is 226 Å². The number of carboxylic acid groups (broad SMARTS) is 1. The van der Waals surface area contributed by atoms with Crippen LogP contribution in [-0.2, 0) is 4.79 Å². The van der Waals surface area contributed by atoms with Crippen molar-refractivity contribution < 1.29 is 14.3 Å². The van der Waals surface area contributed by atoms with E-state index in [4.69, 9.17) is 14.8 Å². The van der Waals surface area contributed by atoms with Gasteiger partial charge >= 0.3 is 5.97 Å². The standard InChI is InChI=1S/C34H24N2O3/c35-24-28(34(37)38)23-26-11-16-27(17-12-26)33-22-21-32(39-33)20-15-25-13-18-31(19-14-25)36(29-7-3-1-4-8-29)30-9-5-2-6-10-30/h1-23H,(H,37,38). The summed E-state index contributed by atoms with van der Waals surface area (Å²) in [4.78, 5) is 13.3. The van der Waals surface area contributed by atoms with Gasteiger partial charge in [0.25, 0.3) is 0 Å². The molecule has 0 bridgehead atoms. The Bertz CT molecular complexity index is 1620. The van der Waals surface area contributed by atoms with Crippen molar-refractivity contribution in [3.8, 4) is 17.4 Å². The SMILES string of the molecule is N#CC(=Cc1ccc(-c2ccc(C=Cc3ccc(N(c4ccccc4)c4ccccc4)cc3)o2)cc1)C(=O)O. The Morgan fingerprint density at radius 1 is 0.692 bits per heavy atom. The van der Waals surface area contributed by atoms with Crippen molar-refractivity contribution in [2.45, 2.75) is 0 Å². The fourth-order valence-electron chi connectivity index (χ4n) is 4.16. The van der Waals surface area contributed by atoms with Gasteiger partial charge in [-0.1, -0.05) is 78.9 Å². The zero-order valence-corrected chi connectivity index (χ0v) is 20.9. The van der Waals surface area contributed by atoms with E-state index in [9.17, 15) is 4.79 Å². The van der Waals surface area contributed by atoms with E-state index < -0.39 is 5.97 Å². The van der Waals surface area contributed by atoms with Gasteiger partial charge in [-0.2, -0.15) is 5.26 Å². The summed E-state index contributed by atoms with van der Waals surface area (Å²) in [5.41, 5.74) is 5.46. The Hall–Kier alpha value is -5.60. The molecule has 0 aliphatic heterocycles. The highest BCUT2D eigenvalue weighted by Gasteiger charge is 2.11. The van der Waals surface area contributed by atoms with Gasteiger partial charge in [-0.3, -0.25) is 0 Å². The van der Waals surface area contributed by atoms with Crippen molar-refractivity contribution in [2.24, 2.45) is 0 Å². The second-order valence-corrected chi connectivity index (χ2v) is 8.73. The molecule has 1 aromatic heterocycles. The van der Waals surface area contributed by atoms with E-state index >= 15 is 0 Å². The van der Waals surface area contributed by atoms with Crippen LogP contribution in [0.5, 0.6) is 0 Å². The molecule has 0 radical (unpaired) electrons. The van der Waals surface area contributed by atoms with E-state index in [2.05, 4.69) is 53.4 Å². The van der Waals surface area contributed by atoms with Gasteiger partial charge in [0.05, 0.1) is 0 Å². The maximum Gasteiger partial charge on any atom is 0.346 e. The minimum absolute atomic E-state index is 0.311. The highest BCUT2D eigenvalue weighted by Crippen LogP contribution is 2.34. The molecular weight excluding hydrogens is 484 g/mol. The lowest BCUT2D eigenvalue weighted by Gasteiger charge is -2.25. The highest BCUT2D eigenvalue weighted by molar-refractivity contribution is 5.96. The van der Waals surface area contributed by atoms with E-state index in [0.717, 1.165) is 28.2 Å². The number of aliphatic carboxylic acids is 1. The number of nitriles is 1. The van der Waals surface area contributed by atoms with Gasteiger partial charge in [0.15, 0.2) is 0 Å². The van der Waals surface area contributed by atoms with Crippen LogP contribution < -0.4 is 4.90 Å². The van der Waals surface area contributed by atoms with E-state index in [1.54, 1.807) is 18.2 Å². The zero-order valence-electron chi connectivity index (χ0n) is 20.9. The maximum atomic E-state index is 11.0. The molecule has 0 fully saturated rings. The third kappa shape index (κ3) is 6.04. The van der Waals surface area contributed by atoms with E-state index in [1.165, 1.54) is 6.08 Å². The predicted molar refractivity (Wildman–Crippen MR) is 155 cm³/mol. The lowest BCUT2D eigenvalue weighted by molar-refractivity contribution is -0.132. The fourth-order valence-corrected chi connectivity index (χ4v) is 4.16. The summed E-state index contributed by atoms with van der Waals surface area (Å²) in [6, 6.07) is 41.6. The second kappa shape index (κ2) is 11.6. The van der Waals surface area contributed by atoms with E-state index in [1.807, 2.05) is 72.8 Å². The number of nitrogens with zero attached hydrogens (tertiary/aromatic N) is 2. The molecule has 0 amide bonds. The van der Waals surface area contributed by atoms with Gasteiger partial charge < -0.3 is 14.4 Å². The number of furan rings is 1. The minimum Gasteiger partial charge on any atom is -0.477 e. The van der Waals surface area contributed by atoms with Crippen LogP contribution >= 0.6 is 0 Å². The largest absolute Gasteiger partial charge is 0.477 e. The van der Waals surface area contributed by atoms with Crippen LogP contribution in [0.1, 0.15) is 16.9 Å². The molecule has 5 rings (SSSR count). The molecule has 0 aliphatic rings. The number of benzene rings is 4. The molecule has 1 heterocycles. The smallest absolute Gasteiger partial charge is 0.346 e. The molecule has 0 aliphatic carbocycles. The van der Waals surface area contributed by atoms with Gasteiger partial charge in [-0.15, -0.1) is 0 Å². The quantitative estimate of drug-likeness (QED) is 0.168. The number of anilines is 3. The highest BCUT2D eigenvalue weighted by atomic mass is 16.4. The maximum absolute atomic E-state index is 11.0. The predicted octanol–water partition coefficient (Wildman–Crippen LogP) is 8.58. The molecule has 39 heavy (non-hydrogen) atoms. The van der Waals surface area contributed by atoms with Crippen LogP contribution in [0.3, 0.4) is 0 Å². The van der Waals surface area contributed by atoms with Crippen LogP contribution in [0.25, 0.3) is 29.6 Å². The van der Waals surface area contributed by atoms with Gasteiger partial charge in [-0.25, -0.2) is 4.79 Å². The monoisotopic (exact) mass is 508 g/mol. The molecule has 0 atom stereocenters. The fraction of sp³-hybridized carbons (Fsp3) is 0. The molecule has 0 unspecified atom stereocenters. The first-order valence-electron chi connectivity index (χ1n) is 12.3. The molecule has 5 nitrogen and oxygen atoms in total. The van der Waals surface area contributed by atoms with Crippen LogP contribution in [0.2, 0.25) is 0 Å². The number of para-hydroxylation sites is 2. The molecule has 188 valence electrons. The normalized spacial score (nSPS) is 11.3. The Morgan fingerprint density at radius 3 is 1.82 bits per heavy atom. The van der Waals surface area contributed by atoms with Gasteiger partial charge in [0.1, 0.15) is 23.2 Å². The summed E-state index contributed by atoms with van der Waals surface area (Å²) >= 11 is 0. The Morgan fingerprint density at radius 2 is 1.26 bits per heavy atom. The summed E-state index contributed by atoms with van der Waals surface area (Å²) in [6.45, 7) is 0. The van der Waals surface area contributed by atoms with Crippen molar-refractivity contribution >= 4 is 41.3 Å². The Kier molecular flexibility index (Phi) is 7.48. The average Bonchev–Trinajstić information content (AvgIpc) is 3.46. The van der Waals surface area contributed by atoms with Crippen LogP contribution in [0.15, 0.2) is 131 Å². The molecule has 5 heteroatoms. The summed E-state index contributed by atoms with van der Waals surface area (Å²) < 4.78 is 5.99. The summed E-state index contributed by atoms with van der Waals surface area (Å²) in [5.74, 6) is 0.162. The molecule has 5 aromatic rings. The molecule has 0 saturated carbocycles. The van der Waals surface area contributed by atoms with Crippen molar-refractivity contribution in [3.63, 3.8) is 0 Å². The van der Waals surface area contributed by atoms with Crippen molar-refractivity contribution in [1.29, 1.82) is 5.26 Å². The topological polar surface area (TPSA) is 77.5 Å². The number of hydrogen-bond donors (Lipinski definition) is 1. The van der Waals surface area contributed by atoms with Gasteiger partial charge in [0, 0.05) is 22.6 Å².